The van der Waals surface area contributed by atoms with E-state index in [9.17, 15) is 0 Å². The molecular weight excluding hydrogens is 150 g/mol. The average molecular weight is 157 g/mol. The van der Waals surface area contributed by atoms with Crippen molar-refractivity contribution in [1.29, 1.82) is 0 Å². The minimum Gasteiger partial charge on any atom is -0.475 e. The number of hydrogen-bond donors (Lipinski definition) is 2. The molecule has 0 atom stereocenters. The number of hydrogen-bond acceptors (Lipinski definition) is 4. The number of nitrogens with two attached hydrogens (primary N) is 1. The topological polar surface area (TPSA) is 63.9 Å². The fraction of sp³-hybridized carbons (Fsp3) is 0.200. The van der Waals surface area contributed by atoms with Gasteiger partial charge in [-0.05, 0) is 12.2 Å². The van der Waals surface area contributed by atoms with Gasteiger partial charge in [0.25, 0.3) is 0 Å². The van der Waals surface area contributed by atoms with E-state index in [1.165, 1.54) is 6.20 Å². The zero-order chi connectivity index (χ0) is 7.40. The number of rotatable bonds is 2. The monoisotopic (exact) mass is 157 g/mol. The molecule has 0 amide bonds. The summed E-state index contributed by atoms with van der Waals surface area (Å²) in [6.45, 7) is 0.145. The first-order chi connectivity index (χ1) is 4.83. The van der Waals surface area contributed by atoms with Crippen LogP contribution in [0.15, 0.2) is 12.4 Å². The first-order valence-corrected chi connectivity index (χ1v) is 3.11. The maximum atomic E-state index is 5.11. The van der Waals surface area contributed by atoms with Crippen LogP contribution in [-0.2, 0) is 0 Å². The average Bonchev–Trinajstić information content (AvgIpc) is 1.95. The Hall–Kier alpha value is -0.940. The van der Waals surface area contributed by atoms with Gasteiger partial charge in [-0.1, -0.05) is 0 Å². The van der Waals surface area contributed by atoms with Crippen LogP contribution in [-0.4, -0.2) is 16.7 Å². The molecule has 1 aromatic heterocycles. The summed E-state index contributed by atoms with van der Waals surface area (Å²) in [5, 5.41) is 0. The summed E-state index contributed by atoms with van der Waals surface area (Å²) in [4.78, 5) is 6.48. The lowest BCUT2D eigenvalue weighted by Crippen LogP contribution is -2.07. The predicted octanol–water partition coefficient (Wildman–Crippen LogP) is 0.434. The molecular formula is C5H7N3OS. The number of H-pyrrole nitrogens is 1. The van der Waals surface area contributed by atoms with Gasteiger partial charge in [-0.25, -0.2) is 4.98 Å². The summed E-state index contributed by atoms with van der Waals surface area (Å²) in [6.07, 6.45) is 3.13. The smallest absolute Gasteiger partial charge is 0.196 e. The van der Waals surface area contributed by atoms with Crippen molar-refractivity contribution in [1.82, 2.24) is 9.97 Å². The minimum absolute atomic E-state index is 0.145. The second kappa shape index (κ2) is 3.28. The highest BCUT2D eigenvalue weighted by molar-refractivity contribution is 7.71. The van der Waals surface area contributed by atoms with Crippen molar-refractivity contribution in [3.05, 3.63) is 17.2 Å². The van der Waals surface area contributed by atoms with E-state index in [1.54, 1.807) is 6.20 Å². The van der Waals surface area contributed by atoms with Gasteiger partial charge >= 0.3 is 0 Å². The summed E-state index contributed by atoms with van der Waals surface area (Å²) in [7, 11) is 0. The quantitative estimate of drug-likeness (QED) is 0.483. The van der Waals surface area contributed by atoms with E-state index in [0.717, 1.165) is 0 Å². The lowest BCUT2D eigenvalue weighted by molar-refractivity contribution is 0.326. The first kappa shape index (κ1) is 7.17. The summed E-state index contributed by atoms with van der Waals surface area (Å²) in [5.74, 6) is 0.594. The molecule has 1 heterocycles. The van der Waals surface area contributed by atoms with Crippen LogP contribution in [0.3, 0.4) is 0 Å². The Bertz CT molecular complexity index is 239. The third-order valence-electron chi connectivity index (χ3n) is 0.897. The van der Waals surface area contributed by atoms with E-state index in [4.69, 9.17) is 22.7 Å². The molecule has 1 aromatic rings. The van der Waals surface area contributed by atoms with Crippen molar-refractivity contribution in [3.63, 3.8) is 0 Å². The summed E-state index contributed by atoms with van der Waals surface area (Å²) in [6, 6.07) is 0. The Morgan fingerprint density at radius 1 is 1.80 bits per heavy atom. The first-order valence-electron chi connectivity index (χ1n) is 2.70. The second-order valence-corrected chi connectivity index (χ2v) is 1.95. The Morgan fingerprint density at radius 3 is 3.10 bits per heavy atom. The largest absolute Gasteiger partial charge is 0.475 e. The van der Waals surface area contributed by atoms with Crippen LogP contribution in [0.2, 0.25) is 0 Å². The normalized spacial score (nSPS) is 9.30. The third kappa shape index (κ3) is 1.78. The molecule has 0 spiro atoms. The van der Waals surface area contributed by atoms with Gasteiger partial charge in [-0.2, -0.15) is 0 Å². The van der Waals surface area contributed by atoms with E-state index in [-0.39, 0.29) is 6.73 Å². The van der Waals surface area contributed by atoms with Crippen LogP contribution in [0, 0.1) is 4.77 Å². The molecule has 54 valence electrons. The molecule has 0 saturated carbocycles. The Kier molecular flexibility index (Phi) is 2.35. The standard InChI is InChI=1S/C5H7N3OS/c6-3-9-4-1-7-5(10)8-2-4/h1-2H,3,6H2,(H,7,8,10). The van der Waals surface area contributed by atoms with Gasteiger partial charge in [0.1, 0.15) is 6.73 Å². The third-order valence-corrected chi connectivity index (χ3v) is 1.12. The lowest BCUT2D eigenvalue weighted by atomic mass is 10.6. The molecule has 0 bridgehead atoms. The molecule has 0 aliphatic heterocycles. The van der Waals surface area contributed by atoms with E-state index in [0.29, 0.717) is 10.5 Å². The maximum Gasteiger partial charge on any atom is 0.196 e. The number of aromatic amines is 1. The van der Waals surface area contributed by atoms with Crippen molar-refractivity contribution in [2.24, 2.45) is 5.73 Å². The Labute approximate surface area is 63.0 Å². The number of ether oxygens (including phenoxy) is 1. The van der Waals surface area contributed by atoms with Crippen LogP contribution < -0.4 is 10.5 Å². The van der Waals surface area contributed by atoms with E-state index in [1.807, 2.05) is 0 Å². The maximum absolute atomic E-state index is 5.11. The lowest BCUT2D eigenvalue weighted by Gasteiger charge is -1.98. The van der Waals surface area contributed by atoms with Gasteiger partial charge in [0.15, 0.2) is 10.5 Å². The molecule has 10 heavy (non-hydrogen) atoms. The highest BCUT2D eigenvalue weighted by atomic mass is 32.1. The van der Waals surface area contributed by atoms with Crippen molar-refractivity contribution >= 4 is 12.2 Å². The van der Waals surface area contributed by atoms with Gasteiger partial charge in [0.05, 0.1) is 6.20 Å². The van der Waals surface area contributed by atoms with Gasteiger partial charge < -0.3 is 9.72 Å². The van der Waals surface area contributed by atoms with Crippen molar-refractivity contribution in [2.45, 2.75) is 0 Å². The number of aromatic nitrogens is 2. The van der Waals surface area contributed by atoms with E-state index < -0.39 is 0 Å². The zero-order valence-electron chi connectivity index (χ0n) is 5.20. The van der Waals surface area contributed by atoms with Crippen molar-refractivity contribution < 1.29 is 4.74 Å². The van der Waals surface area contributed by atoms with Gasteiger partial charge in [0, 0.05) is 6.20 Å². The fourth-order valence-corrected chi connectivity index (χ4v) is 0.616. The molecule has 0 aromatic carbocycles. The summed E-state index contributed by atoms with van der Waals surface area (Å²) < 4.78 is 5.33. The van der Waals surface area contributed by atoms with Gasteiger partial charge in [0.2, 0.25) is 0 Å². The Balaban J connectivity index is 2.79. The molecule has 0 radical (unpaired) electrons. The molecule has 3 N–H and O–H groups in total. The second-order valence-electron chi connectivity index (χ2n) is 1.57. The minimum atomic E-state index is 0.145. The molecule has 0 saturated heterocycles. The van der Waals surface area contributed by atoms with Crippen LogP contribution in [0.5, 0.6) is 5.75 Å². The highest BCUT2D eigenvalue weighted by Crippen LogP contribution is 2.02. The molecule has 5 heteroatoms. The molecule has 0 aliphatic carbocycles. The van der Waals surface area contributed by atoms with Crippen molar-refractivity contribution in [2.75, 3.05) is 6.73 Å². The molecule has 0 unspecified atom stereocenters. The molecule has 1 rings (SSSR count). The Morgan fingerprint density at radius 2 is 2.60 bits per heavy atom. The molecule has 4 nitrogen and oxygen atoms in total. The summed E-state index contributed by atoms with van der Waals surface area (Å²) >= 11 is 4.70. The SMILES string of the molecule is NCOc1cnc(=S)[nH]c1. The predicted molar refractivity (Wildman–Crippen MR) is 39.1 cm³/mol. The van der Waals surface area contributed by atoms with Gasteiger partial charge in [-0.3, -0.25) is 5.73 Å². The zero-order valence-corrected chi connectivity index (χ0v) is 6.02. The molecule has 0 aliphatic rings. The molecule has 0 fully saturated rings. The van der Waals surface area contributed by atoms with Crippen LogP contribution >= 0.6 is 12.2 Å². The number of nitrogens with one attached hydrogen (secondary N) is 1. The van der Waals surface area contributed by atoms with Crippen LogP contribution in [0.4, 0.5) is 0 Å². The van der Waals surface area contributed by atoms with E-state index in [2.05, 4.69) is 9.97 Å². The number of nitrogens with zero attached hydrogens (tertiary/aromatic N) is 1. The highest BCUT2D eigenvalue weighted by Gasteiger charge is 1.87. The van der Waals surface area contributed by atoms with Crippen LogP contribution in [0.25, 0.3) is 0 Å². The summed E-state index contributed by atoms with van der Waals surface area (Å²) in [5.41, 5.74) is 5.11. The van der Waals surface area contributed by atoms with E-state index >= 15 is 0 Å². The van der Waals surface area contributed by atoms with Crippen molar-refractivity contribution in [3.8, 4) is 5.75 Å². The fourth-order valence-electron chi connectivity index (χ4n) is 0.505. The van der Waals surface area contributed by atoms with Gasteiger partial charge in [-0.15, -0.1) is 0 Å². The van der Waals surface area contributed by atoms with Crippen LogP contribution in [0.1, 0.15) is 0 Å².